The molecule has 4 nitrogen and oxygen atoms in total. The van der Waals surface area contributed by atoms with E-state index in [1.54, 1.807) is 0 Å². The van der Waals surface area contributed by atoms with Gasteiger partial charge in [0.15, 0.2) is 0 Å². The molecule has 2 saturated heterocycles. The van der Waals surface area contributed by atoms with Crippen LogP contribution in [0.5, 0.6) is 0 Å². The second-order valence-corrected chi connectivity index (χ2v) is 7.31. The van der Waals surface area contributed by atoms with Crippen molar-refractivity contribution in [2.75, 3.05) is 57.5 Å². The van der Waals surface area contributed by atoms with Gasteiger partial charge in [0, 0.05) is 38.4 Å². The van der Waals surface area contributed by atoms with Gasteiger partial charge in [0.1, 0.15) is 0 Å². The molecule has 0 aliphatic carbocycles. The van der Waals surface area contributed by atoms with Crippen LogP contribution in [0.25, 0.3) is 0 Å². The van der Waals surface area contributed by atoms with Gasteiger partial charge in [-0.15, -0.1) is 0 Å². The van der Waals surface area contributed by atoms with Gasteiger partial charge in [0.2, 0.25) is 0 Å². The summed E-state index contributed by atoms with van der Waals surface area (Å²) >= 11 is 0. The van der Waals surface area contributed by atoms with Gasteiger partial charge >= 0.3 is 0 Å². The van der Waals surface area contributed by atoms with Crippen molar-refractivity contribution < 1.29 is 9.47 Å². The Morgan fingerprint density at radius 2 is 0.970 bits per heavy atom. The van der Waals surface area contributed by atoms with Crippen LogP contribution < -0.4 is 4.90 Å². The average molecular weight is 459 g/mol. The van der Waals surface area contributed by atoms with Crippen LogP contribution >= 0.6 is 0 Å². The van der Waals surface area contributed by atoms with E-state index >= 15 is 0 Å². The first-order valence-corrected chi connectivity index (χ1v) is 13.0. The summed E-state index contributed by atoms with van der Waals surface area (Å²) in [7, 11) is 0. The number of aryl methyl sites for hydroxylation is 2. The molecule has 0 amide bonds. The maximum atomic E-state index is 5.31. The highest BCUT2D eigenvalue weighted by Gasteiger charge is 2.10. The van der Waals surface area contributed by atoms with Crippen molar-refractivity contribution in [2.24, 2.45) is 0 Å². The van der Waals surface area contributed by atoms with Crippen LogP contribution in [0.3, 0.4) is 0 Å². The summed E-state index contributed by atoms with van der Waals surface area (Å²) < 4.78 is 10.6. The van der Waals surface area contributed by atoms with E-state index in [4.69, 9.17) is 9.47 Å². The molecule has 0 aromatic heterocycles. The zero-order valence-corrected chi connectivity index (χ0v) is 22.7. The van der Waals surface area contributed by atoms with Gasteiger partial charge in [-0.25, -0.2) is 0 Å². The van der Waals surface area contributed by atoms with Gasteiger partial charge in [0.25, 0.3) is 0 Å². The molecule has 4 heteroatoms. The normalized spacial score (nSPS) is 15.2. The van der Waals surface area contributed by atoms with Gasteiger partial charge in [-0.3, -0.25) is 4.90 Å². The minimum Gasteiger partial charge on any atom is -0.379 e. The minimum atomic E-state index is 0.855. The molecule has 0 N–H and O–H groups in total. The van der Waals surface area contributed by atoms with Crippen molar-refractivity contribution in [3.8, 4) is 0 Å². The Kier molecular flexibility index (Phi) is 19.5. The van der Waals surface area contributed by atoms with Crippen LogP contribution in [0, 0.1) is 13.8 Å². The van der Waals surface area contributed by atoms with E-state index in [2.05, 4.69) is 72.2 Å². The molecule has 2 aromatic rings. The first kappa shape index (κ1) is 31.1. The van der Waals surface area contributed by atoms with E-state index in [-0.39, 0.29) is 0 Å². The fraction of sp³-hybridized carbons (Fsp3) is 0.586. The first-order valence-electron chi connectivity index (χ1n) is 13.0. The molecule has 0 radical (unpaired) electrons. The summed E-state index contributed by atoms with van der Waals surface area (Å²) in [6, 6.07) is 17.5. The topological polar surface area (TPSA) is 24.9 Å². The lowest BCUT2D eigenvalue weighted by atomic mass is 10.1. The number of anilines is 1. The number of benzene rings is 2. The van der Waals surface area contributed by atoms with E-state index in [1.165, 1.54) is 22.4 Å². The second kappa shape index (κ2) is 20.7. The largest absolute Gasteiger partial charge is 0.379 e. The number of ether oxygens (including phenoxy) is 2. The maximum absolute atomic E-state index is 5.31. The van der Waals surface area contributed by atoms with Crippen molar-refractivity contribution in [1.82, 2.24) is 4.90 Å². The van der Waals surface area contributed by atoms with Crippen molar-refractivity contribution in [3.63, 3.8) is 0 Å². The van der Waals surface area contributed by atoms with E-state index in [0.717, 1.165) is 59.2 Å². The molecule has 0 saturated carbocycles. The Bertz CT molecular complexity index is 659. The smallest absolute Gasteiger partial charge is 0.0642 e. The molecule has 2 heterocycles. The van der Waals surface area contributed by atoms with Crippen molar-refractivity contribution in [1.29, 1.82) is 0 Å². The van der Waals surface area contributed by atoms with Gasteiger partial charge in [-0.1, -0.05) is 89.1 Å². The maximum Gasteiger partial charge on any atom is 0.0642 e. The molecule has 0 atom stereocenters. The third kappa shape index (κ3) is 13.4. The summed E-state index contributed by atoms with van der Waals surface area (Å²) in [5.41, 5.74) is 5.36. The lowest BCUT2D eigenvalue weighted by Gasteiger charge is -2.28. The van der Waals surface area contributed by atoms with Crippen LogP contribution in [0.4, 0.5) is 5.69 Å². The van der Waals surface area contributed by atoms with E-state index in [9.17, 15) is 0 Å². The van der Waals surface area contributed by atoms with Crippen molar-refractivity contribution in [3.05, 3.63) is 65.2 Å². The molecular weight excluding hydrogens is 408 g/mol. The molecule has 33 heavy (non-hydrogen) atoms. The molecule has 2 aromatic carbocycles. The lowest BCUT2D eigenvalue weighted by Crippen LogP contribution is -2.36. The zero-order valence-electron chi connectivity index (χ0n) is 22.7. The Morgan fingerprint density at radius 1 is 0.576 bits per heavy atom. The number of hydrogen-bond acceptors (Lipinski definition) is 4. The number of rotatable bonds is 3. The summed E-state index contributed by atoms with van der Waals surface area (Å²) in [5, 5.41) is 0. The number of morpholine rings is 2. The van der Waals surface area contributed by atoms with E-state index < -0.39 is 0 Å². The van der Waals surface area contributed by atoms with Crippen molar-refractivity contribution in [2.45, 2.75) is 61.9 Å². The van der Waals surface area contributed by atoms with Gasteiger partial charge < -0.3 is 14.4 Å². The zero-order chi connectivity index (χ0) is 24.9. The Balaban J connectivity index is 0.000000508. The summed E-state index contributed by atoms with van der Waals surface area (Å²) in [6.45, 7) is 24.9. The standard InChI is InChI=1S/C12H17NO.C11H15NO.3C2H6/c1-11-2-4-12(5-3-11)10-13-6-8-14-9-7-13;1-10-2-4-11(5-3-10)12-6-8-13-9-7-12;3*1-2/h2-5H,6-10H2,1H3;2-5H,6-9H2,1H3;3*1-2H3. The highest BCUT2D eigenvalue weighted by atomic mass is 16.5. The first-order chi connectivity index (χ1) is 16.2. The van der Waals surface area contributed by atoms with Gasteiger partial charge in [-0.05, 0) is 31.5 Å². The predicted octanol–water partition coefficient (Wildman–Crippen LogP) is 6.74. The molecule has 0 spiro atoms. The monoisotopic (exact) mass is 458 g/mol. The lowest BCUT2D eigenvalue weighted by molar-refractivity contribution is 0.0342. The van der Waals surface area contributed by atoms with Gasteiger partial charge in [-0.2, -0.15) is 0 Å². The Hall–Kier alpha value is -1.88. The molecular formula is C29H50N2O2. The highest BCUT2D eigenvalue weighted by Crippen LogP contribution is 2.15. The third-order valence-corrected chi connectivity index (χ3v) is 5.04. The molecule has 0 unspecified atom stereocenters. The fourth-order valence-electron chi connectivity index (χ4n) is 3.29. The van der Waals surface area contributed by atoms with Crippen LogP contribution in [0.15, 0.2) is 48.5 Å². The fourth-order valence-corrected chi connectivity index (χ4v) is 3.29. The minimum absolute atomic E-state index is 0.855. The van der Waals surface area contributed by atoms with Gasteiger partial charge in [0.05, 0.1) is 26.4 Å². The van der Waals surface area contributed by atoms with Crippen LogP contribution in [-0.4, -0.2) is 57.5 Å². The van der Waals surface area contributed by atoms with Crippen LogP contribution in [0.1, 0.15) is 58.2 Å². The van der Waals surface area contributed by atoms with E-state index in [1.807, 2.05) is 41.5 Å². The van der Waals surface area contributed by atoms with Crippen molar-refractivity contribution >= 4 is 5.69 Å². The summed E-state index contributed by atoms with van der Waals surface area (Å²) in [5.74, 6) is 0. The number of hydrogen-bond donors (Lipinski definition) is 0. The quantitative estimate of drug-likeness (QED) is 0.509. The average Bonchev–Trinajstić information content (AvgIpc) is 2.91. The summed E-state index contributed by atoms with van der Waals surface area (Å²) in [4.78, 5) is 4.80. The third-order valence-electron chi connectivity index (χ3n) is 5.04. The SMILES string of the molecule is CC.CC.CC.Cc1ccc(CN2CCOCC2)cc1.Cc1ccc(N2CCOCC2)cc1. The van der Waals surface area contributed by atoms with Crippen LogP contribution in [-0.2, 0) is 16.0 Å². The Labute approximate surface area is 204 Å². The van der Waals surface area contributed by atoms with E-state index in [0.29, 0.717) is 0 Å². The molecule has 0 bridgehead atoms. The number of nitrogens with zero attached hydrogens (tertiary/aromatic N) is 2. The predicted molar refractivity (Wildman–Crippen MR) is 146 cm³/mol. The summed E-state index contributed by atoms with van der Waals surface area (Å²) in [6.07, 6.45) is 0. The molecule has 2 fully saturated rings. The molecule has 2 aliphatic heterocycles. The molecule has 4 rings (SSSR count). The second-order valence-electron chi connectivity index (χ2n) is 7.31. The highest BCUT2D eigenvalue weighted by molar-refractivity contribution is 5.47. The van der Waals surface area contributed by atoms with Crippen LogP contribution in [0.2, 0.25) is 0 Å². The molecule has 2 aliphatic rings. The molecule has 188 valence electrons. The Morgan fingerprint density at radius 3 is 1.42 bits per heavy atom.